The number of thiophene rings is 1. The summed E-state index contributed by atoms with van der Waals surface area (Å²) in [5.41, 5.74) is 5.24. The van der Waals surface area contributed by atoms with Crippen LogP contribution >= 0.6 is 22.9 Å². The lowest BCUT2D eigenvalue weighted by Gasteiger charge is -2.14. The number of benzene rings is 1. The third-order valence-corrected chi connectivity index (χ3v) is 4.07. The zero-order chi connectivity index (χ0) is 17.9. The van der Waals surface area contributed by atoms with Gasteiger partial charge in [0, 0.05) is 5.02 Å². The van der Waals surface area contributed by atoms with Crippen LogP contribution in [0.15, 0.2) is 29.6 Å². The molecule has 0 saturated heterocycles. The number of phenols is 1. The lowest BCUT2D eigenvalue weighted by atomic mass is 10.2. The number of carbonyl (C=O) groups excluding carboxylic acids is 3. The molecule has 2 amide bonds. The van der Waals surface area contributed by atoms with Gasteiger partial charge in [-0.25, -0.2) is 4.79 Å². The van der Waals surface area contributed by atoms with Crippen LogP contribution in [-0.4, -0.2) is 29.0 Å². The van der Waals surface area contributed by atoms with Gasteiger partial charge in [-0.1, -0.05) is 11.6 Å². The van der Waals surface area contributed by atoms with E-state index in [4.69, 9.17) is 22.1 Å². The summed E-state index contributed by atoms with van der Waals surface area (Å²) in [7, 11) is 0. The van der Waals surface area contributed by atoms with Gasteiger partial charge in [0.25, 0.3) is 11.8 Å². The minimum atomic E-state index is -1.16. The molecule has 1 aromatic carbocycles. The van der Waals surface area contributed by atoms with Crippen LogP contribution in [0.4, 0.5) is 5.00 Å². The Morgan fingerprint density at radius 2 is 2.00 bits per heavy atom. The first-order valence-electron chi connectivity index (χ1n) is 6.67. The number of esters is 1. The maximum Gasteiger partial charge on any atom is 0.342 e. The van der Waals surface area contributed by atoms with Crippen molar-refractivity contribution in [3.63, 3.8) is 0 Å². The summed E-state index contributed by atoms with van der Waals surface area (Å²) < 4.78 is 5.00. The molecule has 1 aromatic heterocycles. The zero-order valence-corrected chi connectivity index (χ0v) is 14.0. The molecule has 126 valence electrons. The number of anilines is 1. The standard InChI is InChI=1S/C15H13ClN2O5S/c1-7(13(21)18-14-10(12(17)20)4-5-24-14)23-15(22)9-3-2-8(16)6-11(9)19/h2-7,19H,1H3,(H2,17,20)(H,18,21)/t7-/m1/s1. The van der Waals surface area contributed by atoms with E-state index in [0.29, 0.717) is 0 Å². The second-order valence-electron chi connectivity index (χ2n) is 4.73. The van der Waals surface area contributed by atoms with E-state index in [1.807, 2.05) is 0 Å². The Morgan fingerprint density at radius 1 is 1.29 bits per heavy atom. The fourth-order valence-corrected chi connectivity index (χ4v) is 2.73. The van der Waals surface area contributed by atoms with Crippen LogP contribution in [-0.2, 0) is 9.53 Å². The molecule has 0 saturated carbocycles. The third-order valence-electron chi connectivity index (χ3n) is 3.00. The molecule has 0 aliphatic rings. The quantitative estimate of drug-likeness (QED) is 0.700. The molecule has 4 N–H and O–H groups in total. The van der Waals surface area contributed by atoms with Gasteiger partial charge in [0.15, 0.2) is 6.10 Å². The third kappa shape index (κ3) is 4.03. The molecular weight excluding hydrogens is 356 g/mol. The molecule has 9 heteroatoms. The molecule has 0 aliphatic carbocycles. The van der Waals surface area contributed by atoms with Gasteiger partial charge in [-0.05, 0) is 36.6 Å². The second-order valence-corrected chi connectivity index (χ2v) is 6.08. The van der Waals surface area contributed by atoms with Gasteiger partial charge < -0.3 is 20.9 Å². The predicted octanol–water partition coefficient (Wildman–Crippen LogP) is 2.39. The van der Waals surface area contributed by atoms with Crippen LogP contribution in [0.25, 0.3) is 0 Å². The molecule has 1 atom stereocenters. The lowest BCUT2D eigenvalue weighted by molar-refractivity contribution is -0.123. The second kappa shape index (κ2) is 7.33. The van der Waals surface area contributed by atoms with Crippen molar-refractivity contribution in [3.8, 4) is 5.75 Å². The Labute approximate surface area is 146 Å². The first-order chi connectivity index (χ1) is 11.3. The topological polar surface area (TPSA) is 119 Å². The van der Waals surface area contributed by atoms with Gasteiger partial charge in [0.1, 0.15) is 16.3 Å². The van der Waals surface area contributed by atoms with Gasteiger partial charge in [0.2, 0.25) is 0 Å². The molecule has 0 radical (unpaired) electrons. The van der Waals surface area contributed by atoms with E-state index in [1.54, 1.807) is 5.38 Å². The van der Waals surface area contributed by atoms with E-state index >= 15 is 0 Å². The lowest BCUT2D eigenvalue weighted by Crippen LogP contribution is -2.30. The van der Waals surface area contributed by atoms with E-state index < -0.39 is 23.9 Å². The van der Waals surface area contributed by atoms with Crippen molar-refractivity contribution < 1.29 is 24.2 Å². The van der Waals surface area contributed by atoms with Crippen molar-refractivity contribution >= 4 is 45.7 Å². The number of hydrogen-bond donors (Lipinski definition) is 3. The van der Waals surface area contributed by atoms with Crippen LogP contribution < -0.4 is 11.1 Å². The number of ether oxygens (including phenoxy) is 1. The highest BCUT2D eigenvalue weighted by molar-refractivity contribution is 7.14. The van der Waals surface area contributed by atoms with Crippen molar-refractivity contribution in [2.24, 2.45) is 5.73 Å². The Bertz CT molecular complexity index is 805. The van der Waals surface area contributed by atoms with Crippen molar-refractivity contribution in [2.45, 2.75) is 13.0 Å². The summed E-state index contributed by atoms with van der Waals surface area (Å²) in [6, 6.07) is 5.36. The fraction of sp³-hybridized carbons (Fsp3) is 0.133. The Morgan fingerprint density at radius 3 is 2.62 bits per heavy atom. The van der Waals surface area contributed by atoms with Gasteiger partial charge in [-0.3, -0.25) is 9.59 Å². The minimum absolute atomic E-state index is 0.118. The summed E-state index contributed by atoms with van der Waals surface area (Å²) in [5, 5.41) is 14.3. The van der Waals surface area contributed by atoms with Crippen molar-refractivity contribution in [1.82, 2.24) is 0 Å². The molecule has 0 unspecified atom stereocenters. The van der Waals surface area contributed by atoms with Crippen molar-refractivity contribution in [2.75, 3.05) is 5.32 Å². The van der Waals surface area contributed by atoms with Crippen molar-refractivity contribution in [1.29, 1.82) is 0 Å². The summed E-state index contributed by atoms with van der Waals surface area (Å²) >= 11 is 6.80. The maximum atomic E-state index is 12.1. The van der Waals surface area contributed by atoms with Crippen LogP contribution in [0.3, 0.4) is 0 Å². The highest BCUT2D eigenvalue weighted by Crippen LogP contribution is 2.24. The number of aromatic hydroxyl groups is 1. The van der Waals surface area contributed by atoms with E-state index in [9.17, 15) is 19.5 Å². The Hall–Kier alpha value is -2.58. The monoisotopic (exact) mass is 368 g/mol. The summed E-state index contributed by atoms with van der Waals surface area (Å²) in [4.78, 5) is 35.3. The number of primary amides is 1. The first kappa shape index (κ1) is 17.8. The summed E-state index contributed by atoms with van der Waals surface area (Å²) in [6.45, 7) is 1.36. The highest BCUT2D eigenvalue weighted by Gasteiger charge is 2.22. The van der Waals surface area contributed by atoms with Gasteiger partial charge in [-0.2, -0.15) is 0 Å². The molecule has 0 fully saturated rings. The molecule has 0 spiro atoms. The van der Waals surface area contributed by atoms with Crippen LogP contribution in [0.2, 0.25) is 5.02 Å². The van der Waals surface area contributed by atoms with Crippen LogP contribution in [0, 0.1) is 0 Å². The zero-order valence-electron chi connectivity index (χ0n) is 12.4. The van der Waals surface area contributed by atoms with E-state index in [1.165, 1.54) is 31.2 Å². The summed E-state index contributed by atoms with van der Waals surface area (Å²) in [5.74, 6) is -2.55. The number of amides is 2. The van der Waals surface area contributed by atoms with Crippen LogP contribution in [0.1, 0.15) is 27.6 Å². The number of nitrogens with two attached hydrogens (primary N) is 1. The number of hydrogen-bond acceptors (Lipinski definition) is 6. The van der Waals surface area contributed by atoms with Crippen LogP contribution in [0.5, 0.6) is 5.75 Å². The molecule has 2 rings (SSSR count). The first-order valence-corrected chi connectivity index (χ1v) is 7.93. The minimum Gasteiger partial charge on any atom is -0.507 e. The molecule has 0 bridgehead atoms. The molecule has 7 nitrogen and oxygen atoms in total. The number of phenolic OH excluding ortho intramolecular Hbond substituents is 1. The normalized spacial score (nSPS) is 11.6. The maximum absolute atomic E-state index is 12.1. The predicted molar refractivity (Wildman–Crippen MR) is 89.5 cm³/mol. The molecular formula is C15H13ClN2O5S. The SMILES string of the molecule is C[C@@H](OC(=O)c1ccc(Cl)cc1O)C(=O)Nc1sccc1C(N)=O. The smallest absolute Gasteiger partial charge is 0.342 e. The van der Waals surface area contributed by atoms with E-state index in [2.05, 4.69) is 5.32 Å². The summed E-state index contributed by atoms with van der Waals surface area (Å²) in [6.07, 6.45) is -1.16. The van der Waals surface area contributed by atoms with Crippen molar-refractivity contribution in [3.05, 3.63) is 45.8 Å². The molecule has 24 heavy (non-hydrogen) atoms. The fourth-order valence-electron chi connectivity index (χ4n) is 1.77. The number of halogens is 1. The molecule has 0 aliphatic heterocycles. The van der Waals surface area contributed by atoms with Gasteiger partial charge in [0.05, 0.1) is 5.56 Å². The number of nitrogens with one attached hydrogen (secondary N) is 1. The molecule has 2 aromatic rings. The van der Waals surface area contributed by atoms with Gasteiger partial charge >= 0.3 is 5.97 Å². The molecule has 1 heterocycles. The Balaban J connectivity index is 2.04. The number of carbonyl (C=O) groups is 3. The van der Waals surface area contributed by atoms with E-state index in [-0.39, 0.29) is 26.9 Å². The average molecular weight is 369 g/mol. The average Bonchev–Trinajstić information content (AvgIpc) is 2.95. The van der Waals surface area contributed by atoms with E-state index in [0.717, 1.165) is 11.3 Å². The Kier molecular flexibility index (Phi) is 5.42. The highest BCUT2D eigenvalue weighted by atomic mass is 35.5. The van der Waals surface area contributed by atoms with Gasteiger partial charge in [-0.15, -0.1) is 11.3 Å². The number of rotatable bonds is 5. The largest absolute Gasteiger partial charge is 0.507 e.